The first-order chi connectivity index (χ1) is 8.73. The summed E-state index contributed by atoms with van der Waals surface area (Å²) in [7, 11) is 0. The summed E-state index contributed by atoms with van der Waals surface area (Å²) in [5, 5.41) is 1.62. The summed E-state index contributed by atoms with van der Waals surface area (Å²) in [4.78, 5) is 10.7. The lowest BCUT2D eigenvalue weighted by atomic mass is 10.1. The van der Waals surface area contributed by atoms with Crippen molar-refractivity contribution in [2.24, 2.45) is 0 Å². The second-order valence-electron chi connectivity index (χ2n) is 4.45. The van der Waals surface area contributed by atoms with E-state index in [0.29, 0.717) is 12.8 Å². The number of nitrogens with one attached hydrogen (secondary N) is 1. The predicted octanol–water partition coefficient (Wildman–Crippen LogP) is 4.05. The van der Waals surface area contributed by atoms with Crippen molar-refractivity contribution in [3.63, 3.8) is 0 Å². The van der Waals surface area contributed by atoms with Gasteiger partial charge in [-0.25, -0.2) is 0 Å². The molecule has 0 atom stereocenters. The summed E-state index contributed by atoms with van der Waals surface area (Å²) in [6.07, 6.45) is 0.531. The maximum absolute atomic E-state index is 12.5. The van der Waals surface area contributed by atoms with Crippen LogP contribution in [0, 0.1) is 0 Å². The van der Waals surface area contributed by atoms with Crippen molar-refractivity contribution >= 4 is 5.91 Å². The molecular weight excluding hydrogens is 269 g/mol. The molecule has 0 aromatic carbocycles. The minimum Gasteiger partial charge on any atom is -0.351 e. The SMILES string of the molecule is CCCCCCCCCNC(=O)C(F)(F)C(F)(F)F. The monoisotopic (exact) mass is 289 g/mol. The van der Waals surface area contributed by atoms with Crippen molar-refractivity contribution in [1.29, 1.82) is 0 Å². The number of carbonyl (C=O) groups excluding carboxylic acids is 1. The van der Waals surface area contributed by atoms with Crippen LogP contribution < -0.4 is 5.32 Å². The summed E-state index contributed by atoms with van der Waals surface area (Å²) < 4.78 is 60.5. The number of halogens is 5. The van der Waals surface area contributed by atoms with Crippen LogP contribution in [0.15, 0.2) is 0 Å². The number of unbranched alkanes of at least 4 members (excludes halogenated alkanes) is 6. The molecule has 0 aliphatic heterocycles. The smallest absolute Gasteiger partial charge is 0.351 e. The normalized spacial score (nSPS) is 12.5. The van der Waals surface area contributed by atoms with Gasteiger partial charge in [-0.1, -0.05) is 45.4 Å². The van der Waals surface area contributed by atoms with E-state index < -0.39 is 18.0 Å². The van der Waals surface area contributed by atoms with Crippen LogP contribution in [0.2, 0.25) is 0 Å². The van der Waals surface area contributed by atoms with Crippen molar-refractivity contribution in [2.45, 2.75) is 64.0 Å². The summed E-state index contributed by atoms with van der Waals surface area (Å²) >= 11 is 0. The lowest BCUT2D eigenvalue weighted by Crippen LogP contribution is -2.50. The zero-order valence-electron chi connectivity index (χ0n) is 11.0. The Labute approximate surface area is 109 Å². The lowest BCUT2D eigenvalue weighted by molar-refractivity contribution is -0.269. The molecule has 19 heavy (non-hydrogen) atoms. The predicted molar refractivity (Wildman–Crippen MR) is 62.0 cm³/mol. The quantitative estimate of drug-likeness (QED) is 0.503. The van der Waals surface area contributed by atoms with Gasteiger partial charge < -0.3 is 5.32 Å². The van der Waals surface area contributed by atoms with Crippen LogP contribution in [-0.4, -0.2) is 24.6 Å². The third kappa shape index (κ3) is 6.73. The number of carbonyl (C=O) groups is 1. The van der Waals surface area contributed by atoms with E-state index >= 15 is 0 Å². The highest BCUT2D eigenvalue weighted by Crippen LogP contribution is 2.35. The van der Waals surface area contributed by atoms with Gasteiger partial charge >= 0.3 is 12.1 Å². The highest BCUT2D eigenvalue weighted by Gasteiger charge is 2.63. The summed E-state index contributed by atoms with van der Waals surface area (Å²) in [6.45, 7) is 1.93. The Balaban J connectivity index is 3.70. The van der Waals surface area contributed by atoms with Gasteiger partial charge in [0.05, 0.1) is 0 Å². The number of alkyl halides is 5. The van der Waals surface area contributed by atoms with E-state index in [2.05, 4.69) is 6.92 Å². The first kappa shape index (κ1) is 18.1. The average Bonchev–Trinajstić information content (AvgIpc) is 2.30. The minimum atomic E-state index is -5.84. The Bertz CT molecular complexity index is 265. The van der Waals surface area contributed by atoms with Crippen LogP contribution >= 0.6 is 0 Å². The number of amides is 1. The maximum Gasteiger partial charge on any atom is 0.463 e. The molecule has 0 fully saturated rings. The van der Waals surface area contributed by atoms with Gasteiger partial charge in [0.15, 0.2) is 0 Å². The van der Waals surface area contributed by atoms with Crippen LogP contribution in [0.3, 0.4) is 0 Å². The molecule has 0 aliphatic carbocycles. The molecular formula is C12H20F5NO. The second-order valence-corrected chi connectivity index (χ2v) is 4.45. The Morgan fingerprint density at radius 1 is 0.895 bits per heavy atom. The van der Waals surface area contributed by atoms with Crippen LogP contribution in [0.25, 0.3) is 0 Å². The van der Waals surface area contributed by atoms with Gasteiger partial charge in [0.2, 0.25) is 0 Å². The van der Waals surface area contributed by atoms with E-state index in [9.17, 15) is 26.7 Å². The van der Waals surface area contributed by atoms with Crippen LogP contribution in [0.1, 0.15) is 51.9 Å². The van der Waals surface area contributed by atoms with E-state index in [1.165, 1.54) is 0 Å². The van der Waals surface area contributed by atoms with Crippen molar-refractivity contribution in [3.05, 3.63) is 0 Å². The number of hydrogen-bond acceptors (Lipinski definition) is 1. The largest absolute Gasteiger partial charge is 0.463 e. The van der Waals surface area contributed by atoms with Gasteiger partial charge in [-0.15, -0.1) is 0 Å². The van der Waals surface area contributed by atoms with E-state index in [1.54, 1.807) is 5.32 Å². The molecule has 0 unspecified atom stereocenters. The molecule has 0 aliphatic rings. The summed E-state index contributed by atoms with van der Waals surface area (Å²) in [6, 6.07) is 0. The fraction of sp³-hybridized carbons (Fsp3) is 0.917. The summed E-state index contributed by atoms with van der Waals surface area (Å²) in [5.74, 6) is -7.58. The molecule has 1 N–H and O–H groups in total. The third-order valence-corrected chi connectivity index (χ3v) is 2.71. The van der Waals surface area contributed by atoms with Crippen LogP contribution in [0.4, 0.5) is 22.0 Å². The zero-order valence-corrected chi connectivity index (χ0v) is 11.0. The van der Waals surface area contributed by atoms with Crippen LogP contribution in [-0.2, 0) is 4.79 Å². The van der Waals surface area contributed by atoms with Gasteiger partial charge in [-0.2, -0.15) is 22.0 Å². The second kappa shape index (κ2) is 8.32. The Morgan fingerprint density at radius 2 is 1.37 bits per heavy atom. The molecule has 0 radical (unpaired) electrons. The van der Waals surface area contributed by atoms with Gasteiger partial charge in [0, 0.05) is 6.54 Å². The van der Waals surface area contributed by atoms with Gasteiger partial charge in [-0.05, 0) is 6.42 Å². The van der Waals surface area contributed by atoms with Gasteiger partial charge in [0.25, 0.3) is 5.91 Å². The minimum absolute atomic E-state index is 0.154. The van der Waals surface area contributed by atoms with E-state index in [-0.39, 0.29) is 6.54 Å². The molecule has 2 nitrogen and oxygen atoms in total. The Hall–Kier alpha value is -0.880. The van der Waals surface area contributed by atoms with Gasteiger partial charge in [0.1, 0.15) is 0 Å². The first-order valence-corrected chi connectivity index (χ1v) is 6.46. The maximum atomic E-state index is 12.5. The molecule has 0 saturated carbocycles. The first-order valence-electron chi connectivity index (χ1n) is 6.46. The molecule has 0 rings (SSSR count). The lowest BCUT2D eigenvalue weighted by Gasteiger charge is -2.18. The molecule has 7 heteroatoms. The highest BCUT2D eigenvalue weighted by atomic mass is 19.4. The Kier molecular flexibility index (Phi) is 7.94. The summed E-state index contributed by atoms with van der Waals surface area (Å²) in [5.41, 5.74) is 0. The van der Waals surface area contributed by atoms with Crippen molar-refractivity contribution in [2.75, 3.05) is 6.54 Å². The molecule has 0 aromatic rings. The molecule has 114 valence electrons. The standard InChI is InChI=1S/C12H20F5NO/c1-2-3-4-5-6-7-8-9-18-10(19)11(13,14)12(15,16)17/h2-9H2,1H3,(H,18,19). The average molecular weight is 289 g/mol. The van der Waals surface area contributed by atoms with Crippen molar-refractivity contribution in [3.8, 4) is 0 Å². The van der Waals surface area contributed by atoms with Crippen molar-refractivity contribution < 1.29 is 26.7 Å². The molecule has 0 spiro atoms. The van der Waals surface area contributed by atoms with E-state index in [0.717, 1.165) is 32.1 Å². The van der Waals surface area contributed by atoms with Gasteiger partial charge in [-0.3, -0.25) is 4.79 Å². The fourth-order valence-electron chi connectivity index (χ4n) is 1.52. The molecule has 0 saturated heterocycles. The topological polar surface area (TPSA) is 29.1 Å². The number of rotatable bonds is 9. The molecule has 0 heterocycles. The number of hydrogen-bond donors (Lipinski definition) is 1. The third-order valence-electron chi connectivity index (χ3n) is 2.71. The molecule has 0 aromatic heterocycles. The van der Waals surface area contributed by atoms with E-state index in [4.69, 9.17) is 0 Å². The molecule has 1 amide bonds. The van der Waals surface area contributed by atoms with Crippen LogP contribution in [0.5, 0.6) is 0 Å². The highest BCUT2D eigenvalue weighted by molar-refractivity contribution is 5.84. The fourth-order valence-corrected chi connectivity index (χ4v) is 1.52. The van der Waals surface area contributed by atoms with E-state index in [1.807, 2.05) is 0 Å². The van der Waals surface area contributed by atoms with Crippen molar-refractivity contribution in [1.82, 2.24) is 5.32 Å². The zero-order chi connectivity index (χ0) is 14.9. The molecule has 0 bridgehead atoms. The Morgan fingerprint density at radius 3 is 1.84 bits per heavy atom.